The zero-order chi connectivity index (χ0) is 35.1. The van der Waals surface area contributed by atoms with Crippen LogP contribution in [0.1, 0.15) is 66.1 Å². The summed E-state index contributed by atoms with van der Waals surface area (Å²) in [5, 5.41) is 10.7. The molecule has 0 radical (unpaired) electrons. The summed E-state index contributed by atoms with van der Waals surface area (Å²) in [6, 6.07) is 20.9. The van der Waals surface area contributed by atoms with Crippen LogP contribution in [0.25, 0.3) is 0 Å². The second kappa shape index (κ2) is 14.0. The van der Waals surface area contributed by atoms with Gasteiger partial charge >= 0.3 is 0 Å². The molecule has 3 aromatic carbocycles. The Morgan fingerprint density at radius 2 is 1.92 bits per heavy atom. The van der Waals surface area contributed by atoms with Crippen molar-refractivity contribution in [3.8, 4) is 5.75 Å². The molecule has 4 aliphatic rings. The predicted octanol–water partition coefficient (Wildman–Crippen LogP) is 6.48. The molecule has 8 nitrogen and oxygen atoms in total. The second-order valence-corrected chi connectivity index (χ2v) is 17.2. The Balaban J connectivity index is 1.32. The minimum Gasteiger partial charge on any atom is -0.490 e. The molecule has 0 aromatic heterocycles. The van der Waals surface area contributed by atoms with Crippen molar-refractivity contribution in [2.75, 3.05) is 38.3 Å². The number of halogens is 1. The summed E-state index contributed by atoms with van der Waals surface area (Å²) in [6.07, 6.45) is 9.37. The highest BCUT2D eigenvalue weighted by molar-refractivity contribution is 7.90. The maximum Gasteiger partial charge on any atom is 0.264 e. The molecule has 1 amide bonds. The molecule has 2 N–H and O–H groups in total. The highest BCUT2D eigenvalue weighted by Gasteiger charge is 2.49. The molecule has 266 valence electrons. The van der Waals surface area contributed by atoms with Gasteiger partial charge in [-0.1, -0.05) is 67.1 Å². The lowest BCUT2D eigenvalue weighted by molar-refractivity contribution is -0.103. The van der Waals surface area contributed by atoms with Crippen LogP contribution >= 0.6 is 11.6 Å². The molecule has 7 rings (SSSR count). The number of aliphatic hydroxyl groups excluding tert-OH is 1. The SMILES string of the molecule is CO[C@]1(CO)/C=C/C[C@H](C)[C@H](Cc2ccccc2)S(=O)(=O)NC(=O)c2ccc3c(c2)N(C[C@@H]2CC[C@H]21)C[C@@]1(CCCc2cc(Cl)ccc21)CO3. The molecule has 2 heterocycles. The Bertz CT molecular complexity index is 1860. The van der Waals surface area contributed by atoms with Crippen LogP contribution in [0.15, 0.2) is 78.9 Å². The number of anilines is 1. The van der Waals surface area contributed by atoms with Crippen molar-refractivity contribution >= 4 is 33.2 Å². The highest BCUT2D eigenvalue weighted by atomic mass is 35.5. The number of carbonyl (C=O) groups is 1. The van der Waals surface area contributed by atoms with Gasteiger partial charge in [-0.2, -0.15) is 0 Å². The van der Waals surface area contributed by atoms with Gasteiger partial charge in [-0.15, -0.1) is 0 Å². The molecule has 10 heteroatoms. The topological polar surface area (TPSA) is 105 Å². The van der Waals surface area contributed by atoms with E-state index >= 15 is 0 Å². The normalized spacial score (nSPS) is 31.3. The van der Waals surface area contributed by atoms with Crippen LogP contribution in [0, 0.1) is 17.8 Å². The highest BCUT2D eigenvalue weighted by Crippen LogP contribution is 2.49. The summed E-state index contributed by atoms with van der Waals surface area (Å²) in [5.41, 5.74) is 3.17. The minimum atomic E-state index is -4.12. The Labute approximate surface area is 300 Å². The van der Waals surface area contributed by atoms with Crippen molar-refractivity contribution in [2.24, 2.45) is 17.8 Å². The monoisotopic (exact) mass is 718 g/mol. The summed E-state index contributed by atoms with van der Waals surface area (Å²) in [7, 11) is -2.47. The molecule has 2 aliphatic heterocycles. The van der Waals surface area contributed by atoms with Gasteiger partial charge in [0, 0.05) is 36.2 Å². The fourth-order valence-corrected chi connectivity index (χ4v) is 10.8. The van der Waals surface area contributed by atoms with Crippen molar-refractivity contribution in [3.05, 3.63) is 106 Å². The molecule has 1 saturated carbocycles. The van der Waals surface area contributed by atoms with Gasteiger partial charge in [0.05, 0.1) is 24.2 Å². The first-order chi connectivity index (χ1) is 24.1. The Morgan fingerprint density at radius 1 is 1.10 bits per heavy atom. The molecule has 2 aliphatic carbocycles. The maximum absolute atomic E-state index is 14.1. The van der Waals surface area contributed by atoms with Gasteiger partial charge < -0.3 is 19.5 Å². The lowest BCUT2D eigenvalue weighted by atomic mass is 9.64. The average Bonchev–Trinajstić information content (AvgIpc) is 3.24. The van der Waals surface area contributed by atoms with Crippen molar-refractivity contribution in [1.82, 2.24) is 4.72 Å². The average molecular weight is 719 g/mol. The summed E-state index contributed by atoms with van der Waals surface area (Å²) in [6.45, 7) is 3.52. The number of amides is 1. The molecule has 3 aromatic rings. The van der Waals surface area contributed by atoms with Crippen LogP contribution in [0.2, 0.25) is 5.02 Å². The smallest absolute Gasteiger partial charge is 0.264 e. The van der Waals surface area contributed by atoms with E-state index in [1.165, 1.54) is 11.1 Å². The number of carbonyl (C=O) groups excluding carboxylic acids is 1. The van der Waals surface area contributed by atoms with Gasteiger partial charge in [0.2, 0.25) is 10.0 Å². The Morgan fingerprint density at radius 3 is 2.66 bits per heavy atom. The van der Waals surface area contributed by atoms with Crippen molar-refractivity contribution in [2.45, 2.75) is 68.1 Å². The number of rotatable bonds is 4. The first-order valence-electron chi connectivity index (χ1n) is 17.8. The molecule has 1 fully saturated rings. The summed E-state index contributed by atoms with van der Waals surface area (Å²) in [4.78, 5) is 16.2. The summed E-state index contributed by atoms with van der Waals surface area (Å²) >= 11 is 6.45. The maximum atomic E-state index is 14.1. The van der Waals surface area contributed by atoms with E-state index in [-0.39, 0.29) is 41.8 Å². The van der Waals surface area contributed by atoms with Crippen LogP contribution in [0.4, 0.5) is 5.69 Å². The number of sulfonamides is 1. The number of nitrogens with zero attached hydrogens (tertiary/aromatic N) is 1. The molecular formula is C40H47ClN2O6S. The molecule has 1 spiro atoms. The minimum absolute atomic E-state index is 0.0494. The number of nitrogens with one attached hydrogen (secondary N) is 1. The number of allylic oxidation sites excluding steroid dienone is 1. The lowest BCUT2D eigenvalue weighted by Gasteiger charge is -2.50. The number of hydrogen-bond donors (Lipinski definition) is 2. The lowest BCUT2D eigenvalue weighted by Crippen LogP contribution is -2.54. The van der Waals surface area contributed by atoms with Crippen LogP contribution in [0.5, 0.6) is 5.75 Å². The third kappa shape index (κ3) is 6.58. The number of aryl methyl sites for hydroxylation is 1. The predicted molar refractivity (Wildman–Crippen MR) is 196 cm³/mol. The van der Waals surface area contributed by atoms with Gasteiger partial charge in [-0.3, -0.25) is 4.79 Å². The van der Waals surface area contributed by atoms with E-state index in [9.17, 15) is 18.3 Å². The largest absolute Gasteiger partial charge is 0.490 e. The third-order valence-electron chi connectivity index (χ3n) is 11.9. The molecule has 2 bridgehead atoms. The standard InChI is InChI=1S/C40H47ClN2O6S/c1-27-8-6-19-40(25-44,48-2)34-15-12-31(34)23-43-24-39(18-7-11-29-21-32(41)14-16-33(29)39)26-49-36-17-13-30(22-35(36)43)38(45)42-50(46,47)37(27)20-28-9-4-3-5-10-28/h3-6,9-10,13-14,16-17,19,21-22,27,31,34,37,44H,7-8,11-12,15,18,20,23-26H2,1-2H3,(H,42,45)/b19-6+/t27-,31-,34+,37-,39-,40-/m0/s1. The van der Waals surface area contributed by atoms with Gasteiger partial charge in [-0.05, 0) is 110 Å². The van der Waals surface area contributed by atoms with Crippen LogP contribution in [-0.2, 0) is 33.0 Å². The number of fused-ring (bicyclic) bond motifs is 4. The van der Waals surface area contributed by atoms with E-state index in [0.717, 1.165) is 48.4 Å². The Kier molecular flexibility index (Phi) is 9.80. The number of ether oxygens (including phenoxy) is 2. The van der Waals surface area contributed by atoms with Crippen LogP contribution in [0.3, 0.4) is 0 Å². The van der Waals surface area contributed by atoms with Crippen molar-refractivity contribution < 1.29 is 27.8 Å². The fourth-order valence-electron chi connectivity index (χ4n) is 8.91. The number of aliphatic hydroxyl groups is 1. The van der Waals surface area contributed by atoms with Gasteiger partial charge in [0.25, 0.3) is 5.91 Å². The fraction of sp³-hybridized carbons (Fsp3) is 0.475. The first-order valence-corrected chi connectivity index (χ1v) is 19.7. The van der Waals surface area contributed by atoms with E-state index in [0.29, 0.717) is 31.9 Å². The molecular weight excluding hydrogens is 672 g/mol. The van der Waals surface area contributed by atoms with Crippen molar-refractivity contribution in [1.29, 1.82) is 0 Å². The van der Waals surface area contributed by atoms with E-state index < -0.39 is 26.8 Å². The molecule has 6 atom stereocenters. The van der Waals surface area contributed by atoms with Crippen LogP contribution < -0.4 is 14.4 Å². The van der Waals surface area contributed by atoms with Crippen LogP contribution in [-0.4, -0.2) is 63.7 Å². The van der Waals surface area contributed by atoms with Gasteiger partial charge in [0.1, 0.15) is 11.4 Å². The third-order valence-corrected chi connectivity index (χ3v) is 14.0. The zero-order valence-electron chi connectivity index (χ0n) is 28.8. The molecule has 0 unspecified atom stereocenters. The first kappa shape index (κ1) is 35.1. The molecule has 50 heavy (non-hydrogen) atoms. The summed E-state index contributed by atoms with van der Waals surface area (Å²) < 4.78 is 43.4. The number of hydrogen-bond acceptors (Lipinski definition) is 7. The molecule has 0 saturated heterocycles. The van der Waals surface area contributed by atoms with E-state index in [1.807, 2.05) is 55.5 Å². The van der Waals surface area contributed by atoms with E-state index in [4.69, 9.17) is 21.1 Å². The van der Waals surface area contributed by atoms with Crippen molar-refractivity contribution in [3.63, 3.8) is 0 Å². The number of benzene rings is 3. The zero-order valence-corrected chi connectivity index (χ0v) is 30.4. The van der Waals surface area contributed by atoms with E-state index in [2.05, 4.69) is 21.8 Å². The van der Waals surface area contributed by atoms with Gasteiger partial charge in [-0.25, -0.2) is 13.1 Å². The number of methoxy groups -OCH3 is 1. The quantitative estimate of drug-likeness (QED) is 0.298. The van der Waals surface area contributed by atoms with Gasteiger partial charge in [0.15, 0.2) is 0 Å². The Hall–Kier alpha value is -3.37. The second-order valence-electron chi connectivity index (χ2n) is 14.9. The summed E-state index contributed by atoms with van der Waals surface area (Å²) in [5.74, 6) is -0.0757. The van der Waals surface area contributed by atoms with E-state index in [1.54, 1.807) is 25.3 Å².